The average molecular weight is 341 g/mol. The van der Waals surface area contributed by atoms with Gasteiger partial charge >= 0.3 is 0 Å². The van der Waals surface area contributed by atoms with E-state index >= 15 is 0 Å². The van der Waals surface area contributed by atoms with Crippen molar-refractivity contribution in [3.63, 3.8) is 0 Å². The molecule has 1 spiro atoms. The van der Waals surface area contributed by atoms with Crippen molar-refractivity contribution in [1.29, 1.82) is 0 Å². The number of carbonyl (C=O) groups is 1. The van der Waals surface area contributed by atoms with Crippen molar-refractivity contribution >= 4 is 11.9 Å². The summed E-state index contributed by atoms with van der Waals surface area (Å²) < 4.78 is 7.75. The van der Waals surface area contributed by atoms with Crippen LogP contribution in [-0.4, -0.2) is 64.7 Å². The van der Waals surface area contributed by atoms with Crippen LogP contribution in [0.25, 0.3) is 0 Å². The van der Waals surface area contributed by atoms with Gasteiger partial charge in [0, 0.05) is 57.2 Å². The Morgan fingerprint density at radius 1 is 1.20 bits per heavy atom. The van der Waals surface area contributed by atoms with Gasteiger partial charge in [-0.2, -0.15) is 0 Å². The molecule has 7 nitrogen and oxygen atoms in total. The predicted molar refractivity (Wildman–Crippen MR) is 93.4 cm³/mol. The quantitative estimate of drug-likeness (QED) is 0.821. The number of nitrogens with zero attached hydrogens (tertiary/aromatic N) is 5. The van der Waals surface area contributed by atoms with Crippen LogP contribution in [0.1, 0.15) is 16.9 Å². The number of carbonyl (C=O) groups excluding carboxylic acids is 1. The van der Waals surface area contributed by atoms with Crippen molar-refractivity contribution in [3.05, 3.63) is 42.5 Å². The number of aromatic nitrogens is 3. The highest BCUT2D eigenvalue weighted by molar-refractivity contribution is 5.92. The summed E-state index contributed by atoms with van der Waals surface area (Å²) in [6, 6.07) is 5.60. The minimum absolute atomic E-state index is 0.0590. The molecule has 2 aliphatic rings. The van der Waals surface area contributed by atoms with Crippen LogP contribution in [0.5, 0.6) is 0 Å². The Morgan fingerprint density at radius 3 is 2.80 bits per heavy atom. The number of rotatable bonds is 2. The van der Waals surface area contributed by atoms with E-state index < -0.39 is 0 Å². The Morgan fingerprint density at radius 2 is 2.04 bits per heavy atom. The fourth-order valence-corrected chi connectivity index (χ4v) is 3.82. The highest BCUT2D eigenvalue weighted by atomic mass is 16.5. The van der Waals surface area contributed by atoms with Crippen molar-refractivity contribution < 1.29 is 9.53 Å². The molecular formula is C18H23N5O2. The first kappa shape index (κ1) is 16.1. The second kappa shape index (κ2) is 6.48. The molecule has 0 saturated carbocycles. The van der Waals surface area contributed by atoms with Crippen molar-refractivity contribution in [1.82, 2.24) is 19.4 Å². The number of aryl methyl sites for hydroxylation is 1. The van der Waals surface area contributed by atoms with E-state index in [1.165, 1.54) is 0 Å². The molecule has 0 N–H and O–H groups in total. The summed E-state index contributed by atoms with van der Waals surface area (Å²) in [6.07, 6.45) is 6.41. The SMILES string of the molecule is Cn1cccc1C(=O)N1CCOC[C@]2(CCN(c3ncccn3)C2)C1. The van der Waals surface area contributed by atoms with Crippen molar-refractivity contribution in [3.8, 4) is 0 Å². The molecule has 0 unspecified atom stereocenters. The van der Waals surface area contributed by atoms with Crippen molar-refractivity contribution in [2.75, 3.05) is 44.3 Å². The van der Waals surface area contributed by atoms with Crippen LogP contribution in [-0.2, 0) is 11.8 Å². The molecule has 0 radical (unpaired) electrons. The average Bonchev–Trinajstić information content (AvgIpc) is 3.18. The number of ether oxygens (including phenoxy) is 1. The van der Waals surface area contributed by atoms with Gasteiger partial charge in [-0.3, -0.25) is 4.79 Å². The first-order chi connectivity index (χ1) is 12.2. The van der Waals surface area contributed by atoms with E-state index in [1.807, 2.05) is 40.9 Å². The number of hydrogen-bond acceptors (Lipinski definition) is 5. The second-order valence-electron chi connectivity index (χ2n) is 7.00. The molecule has 25 heavy (non-hydrogen) atoms. The van der Waals surface area contributed by atoms with Gasteiger partial charge < -0.3 is 19.1 Å². The highest BCUT2D eigenvalue weighted by Gasteiger charge is 2.43. The van der Waals surface area contributed by atoms with Crippen LogP contribution >= 0.6 is 0 Å². The van der Waals surface area contributed by atoms with Crippen LogP contribution in [0, 0.1) is 5.41 Å². The summed E-state index contributed by atoms with van der Waals surface area (Å²) in [6.45, 7) is 4.30. The molecule has 0 aliphatic carbocycles. The van der Waals surface area contributed by atoms with Gasteiger partial charge in [0.25, 0.3) is 5.91 Å². The lowest BCUT2D eigenvalue weighted by Crippen LogP contribution is -2.44. The summed E-state index contributed by atoms with van der Waals surface area (Å²) in [5.74, 6) is 0.829. The zero-order valence-corrected chi connectivity index (χ0v) is 14.5. The summed E-state index contributed by atoms with van der Waals surface area (Å²) >= 11 is 0. The summed E-state index contributed by atoms with van der Waals surface area (Å²) in [7, 11) is 1.90. The molecule has 2 fully saturated rings. The van der Waals surface area contributed by atoms with Gasteiger partial charge in [0.1, 0.15) is 5.69 Å². The van der Waals surface area contributed by atoms with E-state index in [0.29, 0.717) is 26.3 Å². The van der Waals surface area contributed by atoms with E-state index in [1.54, 1.807) is 12.4 Å². The molecule has 7 heteroatoms. The van der Waals surface area contributed by atoms with Gasteiger partial charge in [0.2, 0.25) is 5.95 Å². The first-order valence-electron chi connectivity index (χ1n) is 8.67. The van der Waals surface area contributed by atoms with Gasteiger partial charge in [-0.1, -0.05) is 0 Å². The zero-order valence-electron chi connectivity index (χ0n) is 14.5. The molecule has 2 aromatic rings. The Labute approximate surface area is 147 Å². The molecule has 132 valence electrons. The van der Waals surface area contributed by atoms with E-state index in [2.05, 4.69) is 14.9 Å². The largest absolute Gasteiger partial charge is 0.379 e. The van der Waals surface area contributed by atoms with Gasteiger partial charge in [0.15, 0.2) is 0 Å². The fourth-order valence-electron chi connectivity index (χ4n) is 3.82. The van der Waals surface area contributed by atoms with Crippen molar-refractivity contribution in [2.24, 2.45) is 12.5 Å². The second-order valence-corrected chi connectivity index (χ2v) is 7.00. The topological polar surface area (TPSA) is 63.5 Å². The van der Waals surface area contributed by atoms with Crippen molar-refractivity contribution in [2.45, 2.75) is 6.42 Å². The van der Waals surface area contributed by atoms with Gasteiger partial charge in [0.05, 0.1) is 13.2 Å². The smallest absolute Gasteiger partial charge is 0.270 e. The monoisotopic (exact) mass is 341 g/mol. The minimum Gasteiger partial charge on any atom is -0.379 e. The predicted octanol–water partition coefficient (Wildman–Crippen LogP) is 1.18. The van der Waals surface area contributed by atoms with Crippen LogP contribution in [0.4, 0.5) is 5.95 Å². The van der Waals surface area contributed by atoms with E-state index in [9.17, 15) is 4.79 Å². The Hall–Kier alpha value is -2.41. The van der Waals surface area contributed by atoms with Crippen LogP contribution in [0.2, 0.25) is 0 Å². The number of amides is 1. The van der Waals surface area contributed by atoms with Crippen LogP contribution in [0.3, 0.4) is 0 Å². The van der Waals surface area contributed by atoms with Crippen LogP contribution < -0.4 is 4.90 Å². The summed E-state index contributed by atoms with van der Waals surface area (Å²) in [5, 5.41) is 0. The lowest BCUT2D eigenvalue weighted by molar-refractivity contribution is 0.0682. The number of hydrogen-bond donors (Lipinski definition) is 0. The molecule has 2 aliphatic heterocycles. The molecule has 1 atom stereocenters. The highest BCUT2D eigenvalue weighted by Crippen LogP contribution is 2.35. The molecular weight excluding hydrogens is 318 g/mol. The van der Waals surface area contributed by atoms with E-state index in [-0.39, 0.29) is 11.3 Å². The Kier molecular flexibility index (Phi) is 4.17. The summed E-state index contributed by atoms with van der Waals surface area (Å²) in [4.78, 5) is 25.8. The molecule has 2 aromatic heterocycles. The molecule has 0 aromatic carbocycles. The van der Waals surface area contributed by atoms with Gasteiger partial charge in [-0.15, -0.1) is 0 Å². The maximum absolute atomic E-state index is 12.9. The lowest BCUT2D eigenvalue weighted by atomic mass is 9.87. The minimum atomic E-state index is -0.0590. The lowest BCUT2D eigenvalue weighted by Gasteiger charge is -2.31. The third-order valence-electron chi connectivity index (χ3n) is 5.16. The summed E-state index contributed by atoms with van der Waals surface area (Å²) in [5.41, 5.74) is 0.662. The zero-order chi connectivity index (χ0) is 17.3. The van der Waals surface area contributed by atoms with E-state index in [4.69, 9.17) is 4.74 Å². The third-order valence-corrected chi connectivity index (χ3v) is 5.16. The van der Waals surface area contributed by atoms with Gasteiger partial charge in [-0.05, 0) is 24.6 Å². The molecule has 0 bridgehead atoms. The first-order valence-corrected chi connectivity index (χ1v) is 8.67. The maximum Gasteiger partial charge on any atom is 0.270 e. The number of anilines is 1. The fraction of sp³-hybridized carbons (Fsp3) is 0.500. The molecule has 4 heterocycles. The standard InChI is InChI=1S/C18H23N5O2/c1-21-8-2-4-15(21)16(24)22-10-11-25-14-18(12-22)5-9-23(13-18)17-19-6-3-7-20-17/h2-4,6-8H,5,9-14H2,1H3/t18-/m1/s1. The molecule has 1 amide bonds. The third kappa shape index (κ3) is 3.11. The van der Waals surface area contributed by atoms with E-state index in [0.717, 1.165) is 31.2 Å². The molecule has 4 rings (SSSR count). The molecule has 2 saturated heterocycles. The maximum atomic E-state index is 12.9. The van der Waals surface area contributed by atoms with Crippen LogP contribution in [0.15, 0.2) is 36.8 Å². The normalized spacial score (nSPS) is 23.9. The Balaban J connectivity index is 1.52. The van der Waals surface area contributed by atoms with Gasteiger partial charge in [-0.25, -0.2) is 9.97 Å². The Bertz CT molecular complexity index is 747.